The van der Waals surface area contributed by atoms with Gasteiger partial charge in [0.15, 0.2) is 11.5 Å². The van der Waals surface area contributed by atoms with Crippen LogP contribution in [-0.4, -0.2) is 72.6 Å². The summed E-state index contributed by atoms with van der Waals surface area (Å²) in [7, 11) is 0. The predicted molar refractivity (Wildman–Crippen MR) is 122 cm³/mol. The molecule has 1 aromatic heterocycles. The van der Waals surface area contributed by atoms with Gasteiger partial charge in [0.2, 0.25) is 5.91 Å². The van der Waals surface area contributed by atoms with Gasteiger partial charge in [0.05, 0.1) is 25.7 Å². The molecule has 2 amide bonds. The lowest BCUT2D eigenvalue weighted by Gasteiger charge is -2.36. The Balaban J connectivity index is 1.43. The SMILES string of the molecule is CCOc1cc(C(=O)N2CCCC(C(=O)N3CCOCC3)C2)ccc1OCc1ccncc1. The molecule has 0 saturated carbocycles. The highest BCUT2D eigenvalue weighted by Gasteiger charge is 2.32. The van der Waals surface area contributed by atoms with Crippen molar-refractivity contribution in [2.75, 3.05) is 46.0 Å². The molecule has 4 rings (SSSR count). The van der Waals surface area contributed by atoms with Crippen molar-refractivity contribution in [2.24, 2.45) is 5.92 Å². The van der Waals surface area contributed by atoms with Gasteiger partial charge in [-0.1, -0.05) is 0 Å². The topological polar surface area (TPSA) is 81.2 Å². The Hall–Kier alpha value is -3.13. The average Bonchev–Trinajstić information content (AvgIpc) is 2.88. The van der Waals surface area contributed by atoms with E-state index in [1.165, 1.54) is 0 Å². The van der Waals surface area contributed by atoms with Crippen molar-refractivity contribution >= 4 is 11.8 Å². The molecule has 0 radical (unpaired) electrons. The smallest absolute Gasteiger partial charge is 0.254 e. The fourth-order valence-corrected chi connectivity index (χ4v) is 4.26. The van der Waals surface area contributed by atoms with E-state index in [9.17, 15) is 9.59 Å². The van der Waals surface area contributed by atoms with Gasteiger partial charge in [0.25, 0.3) is 5.91 Å². The zero-order chi connectivity index (χ0) is 23.0. The van der Waals surface area contributed by atoms with Gasteiger partial charge < -0.3 is 24.0 Å². The zero-order valence-electron chi connectivity index (χ0n) is 19.1. The van der Waals surface area contributed by atoms with Gasteiger partial charge in [-0.25, -0.2) is 0 Å². The second-order valence-electron chi connectivity index (χ2n) is 8.27. The van der Waals surface area contributed by atoms with Crippen molar-refractivity contribution in [3.05, 3.63) is 53.9 Å². The maximum Gasteiger partial charge on any atom is 0.254 e. The first-order valence-electron chi connectivity index (χ1n) is 11.6. The minimum Gasteiger partial charge on any atom is -0.490 e. The highest BCUT2D eigenvalue weighted by atomic mass is 16.5. The minimum atomic E-state index is -0.157. The maximum atomic E-state index is 13.3. The number of likely N-dealkylation sites (tertiary alicyclic amines) is 1. The van der Waals surface area contributed by atoms with E-state index < -0.39 is 0 Å². The van der Waals surface area contributed by atoms with Gasteiger partial charge in [-0.3, -0.25) is 14.6 Å². The molecule has 2 aliphatic rings. The van der Waals surface area contributed by atoms with E-state index in [-0.39, 0.29) is 17.7 Å². The number of morpholine rings is 1. The molecule has 3 heterocycles. The van der Waals surface area contributed by atoms with Gasteiger partial charge in [-0.05, 0) is 55.7 Å². The van der Waals surface area contributed by atoms with Crippen molar-refractivity contribution in [3.8, 4) is 11.5 Å². The summed E-state index contributed by atoms with van der Waals surface area (Å²) >= 11 is 0. The van der Waals surface area contributed by atoms with Crippen LogP contribution in [0.2, 0.25) is 0 Å². The van der Waals surface area contributed by atoms with Crippen molar-refractivity contribution in [1.29, 1.82) is 0 Å². The molecule has 8 nitrogen and oxygen atoms in total. The number of carbonyl (C=O) groups excluding carboxylic acids is 2. The van der Waals surface area contributed by atoms with Crippen LogP contribution in [0.1, 0.15) is 35.7 Å². The monoisotopic (exact) mass is 453 g/mol. The lowest BCUT2D eigenvalue weighted by molar-refractivity contribution is -0.141. The summed E-state index contributed by atoms with van der Waals surface area (Å²) in [5.74, 6) is 1.01. The summed E-state index contributed by atoms with van der Waals surface area (Å²) in [6.45, 7) is 6.25. The third-order valence-electron chi connectivity index (χ3n) is 6.01. The van der Waals surface area contributed by atoms with Crippen LogP contribution >= 0.6 is 0 Å². The van der Waals surface area contributed by atoms with Gasteiger partial charge in [-0.15, -0.1) is 0 Å². The summed E-state index contributed by atoms with van der Waals surface area (Å²) in [6, 6.07) is 9.06. The van der Waals surface area contributed by atoms with E-state index in [4.69, 9.17) is 14.2 Å². The molecule has 1 atom stereocenters. The molecule has 2 fully saturated rings. The number of piperidine rings is 1. The maximum absolute atomic E-state index is 13.3. The Morgan fingerprint density at radius 1 is 1.03 bits per heavy atom. The van der Waals surface area contributed by atoms with Crippen molar-refractivity contribution in [1.82, 2.24) is 14.8 Å². The van der Waals surface area contributed by atoms with E-state index >= 15 is 0 Å². The third-order valence-corrected chi connectivity index (χ3v) is 6.01. The third kappa shape index (κ3) is 5.82. The minimum absolute atomic E-state index is 0.0869. The van der Waals surface area contributed by atoms with Gasteiger partial charge >= 0.3 is 0 Å². The van der Waals surface area contributed by atoms with Gasteiger partial charge in [0.1, 0.15) is 6.61 Å². The Kier molecular flexibility index (Phi) is 7.78. The summed E-state index contributed by atoms with van der Waals surface area (Å²) in [6.07, 6.45) is 5.07. The van der Waals surface area contributed by atoms with E-state index in [2.05, 4.69) is 4.98 Å². The second kappa shape index (κ2) is 11.1. The number of amides is 2. The second-order valence-corrected chi connectivity index (χ2v) is 8.27. The van der Waals surface area contributed by atoms with Crippen LogP contribution in [0.4, 0.5) is 0 Å². The molecule has 1 unspecified atom stereocenters. The molecule has 8 heteroatoms. The summed E-state index contributed by atoms with van der Waals surface area (Å²) in [5, 5.41) is 0. The molecule has 1 aromatic carbocycles. The largest absolute Gasteiger partial charge is 0.490 e. The Morgan fingerprint density at radius 2 is 1.82 bits per heavy atom. The van der Waals surface area contributed by atoms with Crippen molar-refractivity contribution < 1.29 is 23.8 Å². The van der Waals surface area contributed by atoms with E-state index in [1.54, 1.807) is 35.5 Å². The van der Waals surface area contributed by atoms with E-state index in [1.807, 2.05) is 24.0 Å². The van der Waals surface area contributed by atoms with Gasteiger partial charge in [0, 0.05) is 44.1 Å². The van der Waals surface area contributed by atoms with Crippen LogP contribution in [0, 0.1) is 5.92 Å². The molecule has 2 saturated heterocycles. The highest BCUT2D eigenvalue weighted by molar-refractivity contribution is 5.95. The lowest BCUT2D eigenvalue weighted by Crippen LogP contribution is -2.49. The summed E-state index contributed by atoms with van der Waals surface area (Å²) < 4.78 is 17.0. The first-order chi connectivity index (χ1) is 16.2. The number of rotatable bonds is 7. The highest BCUT2D eigenvalue weighted by Crippen LogP contribution is 2.30. The van der Waals surface area contributed by atoms with Crippen LogP contribution in [0.25, 0.3) is 0 Å². The first-order valence-corrected chi connectivity index (χ1v) is 11.6. The number of nitrogens with zero attached hydrogens (tertiary/aromatic N) is 3. The van der Waals surface area contributed by atoms with Crippen LogP contribution in [0.15, 0.2) is 42.7 Å². The molecule has 2 aromatic rings. The van der Waals surface area contributed by atoms with Crippen molar-refractivity contribution in [2.45, 2.75) is 26.4 Å². The molecule has 0 bridgehead atoms. The molecular weight excluding hydrogens is 422 g/mol. The Labute approximate surface area is 194 Å². The first kappa shape index (κ1) is 23.0. The molecule has 0 spiro atoms. The van der Waals surface area contributed by atoms with Gasteiger partial charge in [-0.2, -0.15) is 0 Å². The zero-order valence-corrected chi connectivity index (χ0v) is 19.1. The van der Waals surface area contributed by atoms with Crippen molar-refractivity contribution in [3.63, 3.8) is 0 Å². The number of carbonyl (C=O) groups is 2. The molecule has 0 aliphatic carbocycles. The normalized spacial score (nSPS) is 18.6. The Bertz CT molecular complexity index is 946. The Morgan fingerprint density at radius 3 is 2.58 bits per heavy atom. The van der Waals surface area contributed by atoms with E-state index in [0.29, 0.717) is 69.7 Å². The summed E-state index contributed by atoms with van der Waals surface area (Å²) in [4.78, 5) is 33.9. The molecule has 33 heavy (non-hydrogen) atoms. The standard InChI is InChI=1S/C25H31N3O5/c1-2-32-23-16-20(5-6-22(23)33-18-19-7-9-26-10-8-19)24(29)28-11-3-4-21(17-28)25(30)27-12-14-31-15-13-27/h5-10,16,21H,2-4,11-15,17-18H2,1H3. The molecule has 176 valence electrons. The fraction of sp³-hybridized carbons (Fsp3) is 0.480. The average molecular weight is 454 g/mol. The number of hydrogen-bond acceptors (Lipinski definition) is 6. The predicted octanol–water partition coefficient (Wildman–Crippen LogP) is 2.77. The van der Waals surface area contributed by atoms with Crippen LogP contribution in [-0.2, 0) is 16.1 Å². The number of ether oxygens (including phenoxy) is 3. The quantitative estimate of drug-likeness (QED) is 0.641. The van der Waals surface area contributed by atoms with Crippen LogP contribution < -0.4 is 9.47 Å². The summed E-state index contributed by atoms with van der Waals surface area (Å²) in [5.41, 5.74) is 1.53. The van der Waals surface area contributed by atoms with E-state index in [0.717, 1.165) is 18.4 Å². The number of pyridine rings is 1. The number of aromatic nitrogens is 1. The van der Waals surface area contributed by atoms with Crippen LogP contribution in [0.3, 0.4) is 0 Å². The lowest BCUT2D eigenvalue weighted by atomic mass is 9.95. The molecule has 2 aliphatic heterocycles. The van der Waals surface area contributed by atoms with Crippen LogP contribution in [0.5, 0.6) is 11.5 Å². The fourth-order valence-electron chi connectivity index (χ4n) is 4.26. The molecular formula is C25H31N3O5. The number of hydrogen-bond donors (Lipinski definition) is 0. The molecule has 0 N–H and O–H groups in total. The number of benzene rings is 1.